The summed E-state index contributed by atoms with van der Waals surface area (Å²) in [4.78, 5) is 16.0. The van der Waals surface area contributed by atoms with Crippen molar-refractivity contribution in [3.63, 3.8) is 0 Å². The molecule has 2 aromatic carbocycles. The first kappa shape index (κ1) is 19.4. The molecule has 5 nitrogen and oxygen atoms in total. The lowest BCUT2D eigenvalue weighted by Crippen LogP contribution is -2.20. The van der Waals surface area contributed by atoms with Crippen molar-refractivity contribution in [3.8, 4) is 28.3 Å². The van der Waals surface area contributed by atoms with Gasteiger partial charge in [-0.15, -0.1) is 0 Å². The monoisotopic (exact) mass is 418 g/mol. The van der Waals surface area contributed by atoms with Crippen molar-refractivity contribution in [2.45, 2.75) is 12.8 Å². The normalized spacial score (nSPS) is 13.7. The minimum atomic E-state index is -0.889. The predicted octanol–water partition coefficient (Wildman–Crippen LogP) is 5.25. The molecule has 1 fully saturated rings. The molecule has 2 aromatic heterocycles. The molecule has 0 radical (unpaired) electrons. The molecule has 156 valence electrons. The SMILES string of the molecule is COc1cc(-c2cccc(F)c2F)cc2c(N3CCCC3)nc(-c3cccnc3)nc12. The first-order valence-corrected chi connectivity index (χ1v) is 10.1. The van der Waals surface area contributed by atoms with Crippen molar-refractivity contribution in [1.29, 1.82) is 0 Å². The number of halogens is 2. The van der Waals surface area contributed by atoms with Gasteiger partial charge in [0.2, 0.25) is 0 Å². The van der Waals surface area contributed by atoms with Gasteiger partial charge in [-0.2, -0.15) is 0 Å². The topological polar surface area (TPSA) is 51.1 Å². The van der Waals surface area contributed by atoms with E-state index in [0.29, 0.717) is 22.7 Å². The number of benzene rings is 2. The molecule has 0 bridgehead atoms. The lowest BCUT2D eigenvalue weighted by molar-refractivity contribution is 0.419. The number of ether oxygens (including phenoxy) is 1. The second-order valence-electron chi connectivity index (χ2n) is 7.48. The van der Waals surface area contributed by atoms with E-state index in [2.05, 4.69) is 9.88 Å². The fourth-order valence-electron chi connectivity index (χ4n) is 4.02. The maximum Gasteiger partial charge on any atom is 0.166 e. The number of aromatic nitrogens is 3. The van der Waals surface area contributed by atoms with E-state index in [1.54, 1.807) is 31.6 Å². The summed E-state index contributed by atoms with van der Waals surface area (Å²) in [5.74, 6) is 0.00646. The molecule has 0 unspecified atom stereocenters. The Hall–Kier alpha value is -3.61. The van der Waals surface area contributed by atoms with E-state index in [1.807, 2.05) is 18.2 Å². The molecular weight excluding hydrogens is 398 g/mol. The molecule has 4 aromatic rings. The highest BCUT2D eigenvalue weighted by Crippen LogP contribution is 2.38. The van der Waals surface area contributed by atoms with Gasteiger partial charge in [-0.25, -0.2) is 18.7 Å². The minimum absolute atomic E-state index is 0.170. The van der Waals surface area contributed by atoms with E-state index in [-0.39, 0.29) is 5.56 Å². The Labute approximate surface area is 178 Å². The molecule has 1 aliphatic rings. The van der Waals surface area contributed by atoms with Crippen LogP contribution in [0.3, 0.4) is 0 Å². The summed E-state index contributed by atoms with van der Waals surface area (Å²) in [5.41, 5.74) is 2.11. The number of hydrogen-bond acceptors (Lipinski definition) is 5. The van der Waals surface area contributed by atoms with E-state index in [1.165, 1.54) is 6.07 Å². The molecule has 1 aliphatic heterocycles. The van der Waals surface area contributed by atoms with Crippen molar-refractivity contribution < 1.29 is 13.5 Å². The van der Waals surface area contributed by atoms with Gasteiger partial charge in [0.1, 0.15) is 17.1 Å². The van der Waals surface area contributed by atoms with Crippen LogP contribution < -0.4 is 9.64 Å². The van der Waals surface area contributed by atoms with Crippen LogP contribution in [-0.2, 0) is 0 Å². The zero-order valence-electron chi connectivity index (χ0n) is 17.0. The summed E-state index contributed by atoms with van der Waals surface area (Å²) in [6.45, 7) is 1.75. The summed E-state index contributed by atoms with van der Waals surface area (Å²) < 4.78 is 34.1. The van der Waals surface area contributed by atoms with E-state index in [9.17, 15) is 8.78 Å². The minimum Gasteiger partial charge on any atom is -0.494 e. The maximum absolute atomic E-state index is 14.5. The van der Waals surface area contributed by atoms with Gasteiger partial charge < -0.3 is 9.64 Å². The van der Waals surface area contributed by atoms with Crippen molar-refractivity contribution in [2.24, 2.45) is 0 Å². The van der Waals surface area contributed by atoms with Gasteiger partial charge in [-0.05, 0) is 48.7 Å². The van der Waals surface area contributed by atoms with Gasteiger partial charge >= 0.3 is 0 Å². The largest absolute Gasteiger partial charge is 0.494 e. The average Bonchev–Trinajstić information content (AvgIpc) is 3.35. The standard InChI is InChI=1S/C24H20F2N4O/c1-31-20-13-16(17-7-4-8-19(25)21(17)26)12-18-22(20)28-23(15-6-5-9-27-14-15)29-24(18)30-10-2-3-11-30/h4-9,12-14H,2-3,10-11H2,1H3. The quantitative estimate of drug-likeness (QED) is 0.453. The molecule has 0 aliphatic carbocycles. The second-order valence-corrected chi connectivity index (χ2v) is 7.48. The van der Waals surface area contributed by atoms with Crippen molar-refractivity contribution in [3.05, 3.63) is 66.5 Å². The third kappa shape index (κ3) is 3.46. The van der Waals surface area contributed by atoms with Crippen molar-refractivity contribution in [1.82, 2.24) is 15.0 Å². The fraction of sp³-hybridized carbons (Fsp3) is 0.208. The van der Waals surface area contributed by atoms with Crippen LogP contribution in [0.2, 0.25) is 0 Å². The molecule has 0 atom stereocenters. The predicted molar refractivity (Wildman–Crippen MR) is 116 cm³/mol. The fourth-order valence-corrected chi connectivity index (χ4v) is 4.02. The molecule has 0 spiro atoms. The van der Waals surface area contributed by atoms with Gasteiger partial charge in [-0.3, -0.25) is 4.98 Å². The first-order chi connectivity index (χ1) is 15.2. The number of anilines is 1. The van der Waals surface area contributed by atoms with Gasteiger partial charge in [-0.1, -0.05) is 12.1 Å². The molecule has 1 saturated heterocycles. The summed E-state index contributed by atoms with van der Waals surface area (Å²) >= 11 is 0. The third-order valence-corrected chi connectivity index (χ3v) is 5.55. The Bertz CT molecular complexity index is 1260. The highest BCUT2D eigenvalue weighted by atomic mass is 19.2. The number of fused-ring (bicyclic) bond motifs is 1. The maximum atomic E-state index is 14.5. The van der Waals surface area contributed by atoms with Crippen LogP contribution in [0, 0.1) is 11.6 Å². The summed E-state index contributed by atoms with van der Waals surface area (Å²) in [5, 5.41) is 0.743. The van der Waals surface area contributed by atoms with E-state index in [4.69, 9.17) is 14.7 Å². The van der Waals surface area contributed by atoms with Gasteiger partial charge in [0, 0.05) is 42.0 Å². The van der Waals surface area contributed by atoms with E-state index in [0.717, 1.165) is 48.8 Å². The molecule has 31 heavy (non-hydrogen) atoms. The number of pyridine rings is 1. The van der Waals surface area contributed by atoms with Crippen molar-refractivity contribution >= 4 is 16.7 Å². The Kier molecular flexibility index (Phi) is 4.94. The Morgan fingerprint density at radius 2 is 1.81 bits per heavy atom. The van der Waals surface area contributed by atoms with Crippen LogP contribution in [0.15, 0.2) is 54.9 Å². The number of methoxy groups -OCH3 is 1. The van der Waals surface area contributed by atoms with E-state index >= 15 is 0 Å². The van der Waals surface area contributed by atoms with Crippen LogP contribution in [0.5, 0.6) is 5.75 Å². The van der Waals surface area contributed by atoms with Crippen LogP contribution >= 0.6 is 0 Å². The summed E-state index contributed by atoms with van der Waals surface area (Å²) in [6, 6.07) is 11.4. The zero-order chi connectivity index (χ0) is 21.4. The average molecular weight is 418 g/mol. The molecule has 0 amide bonds. The Morgan fingerprint density at radius 1 is 0.968 bits per heavy atom. The molecule has 0 saturated carbocycles. The molecule has 5 rings (SSSR count). The summed E-state index contributed by atoms with van der Waals surface area (Å²) in [7, 11) is 1.54. The first-order valence-electron chi connectivity index (χ1n) is 10.1. The number of hydrogen-bond donors (Lipinski definition) is 0. The van der Waals surface area contributed by atoms with E-state index < -0.39 is 11.6 Å². The highest BCUT2D eigenvalue weighted by Gasteiger charge is 2.22. The highest BCUT2D eigenvalue weighted by molar-refractivity contribution is 5.98. The van der Waals surface area contributed by atoms with Crippen LogP contribution in [0.4, 0.5) is 14.6 Å². The lowest BCUT2D eigenvalue weighted by atomic mass is 10.0. The van der Waals surface area contributed by atoms with Crippen LogP contribution in [0.25, 0.3) is 33.4 Å². The molecular formula is C24H20F2N4O. The van der Waals surface area contributed by atoms with Crippen LogP contribution in [0.1, 0.15) is 12.8 Å². The Morgan fingerprint density at radius 3 is 2.55 bits per heavy atom. The smallest absolute Gasteiger partial charge is 0.166 e. The molecule has 3 heterocycles. The van der Waals surface area contributed by atoms with Crippen molar-refractivity contribution in [2.75, 3.05) is 25.1 Å². The third-order valence-electron chi connectivity index (χ3n) is 5.55. The molecule has 7 heteroatoms. The Balaban J connectivity index is 1.79. The zero-order valence-corrected chi connectivity index (χ0v) is 17.0. The number of rotatable bonds is 4. The lowest BCUT2D eigenvalue weighted by Gasteiger charge is -2.21. The van der Waals surface area contributed by atoms with Gasteiger partial charge in [0.05, 0.1) is 7.11 Å². The summed E-state index contributed by atoms with van der Waals surface area (Å²) in [6.07, 6.45) is 5.57. The second kappa shape index (κ2) is 7.91. The van der Waals surface area contributed by atoms with Crippen LogP contribution in [-0.4, -0.2) is 35.2 Å². The number of nitrogens with zero attached hydrogens (tertiary/aromatic N) is 4. The van der Waals surface area contributed by atoms with Gasteiger partial charge in [0.25, 0.3) is 0 Å². The van der Waals surface area contributed by atoms with Gasteiger partial charge in [0.15, 0.2) is 17.5 Å². The molecule has 0 N–H and O–H groups in total.